The number of hydrogen-bond donors (Lipinski definition) is 2. The maximum Gasteiger partial charge on any atom is 0.527 e. The van der Waals surface area contributed by atoms with Gasteiger partial charge >= 0.3 is 12.1 Å². The van der Waals surface area contributed by atoms with Crippen molar-refractivity contribution in [3.63, 3.8) is 0 Å². The summed E-state index contributed by atoms with van der Waals surface area (Å²) in [6, 6.07) is 9.28. The van der Waals surface area contributed by atoms with E-state index in [-0.39, 0.29) is 62.8 Å². The van der Waals surface area contributed by atoms with Crippen LogP contribution in [0.25, 0.3) is 11.4 Å². The molecule has 45 heavy (non-hydrogen) atoms. The highest BCUT2D eigenvalue weighted by molar-refractivity contribution is 5.96. The summed E-state index contributed by atoms with van der Waals surface area (Å²) in [7, 11) is 0. The molecule has 0 unspecified atom stereocenters. The predicted molar refractivity (Wildman–Crippen MR) is 163 cm³/mol. The molecule has 1 fully saturated rings. The van der Waals surface area contributed by atoms with Gasteiger partial charge in [-0.2, -0.15) is 0 Å². The lowest BCUT2D eigenvalue weighted by atomic mass is 10.1. The van der Waals surface area contributed by atoms with E-state index in [2.05, 4.69) is 27.1 Å². The van der Waals surface area contributed by atoms with Crippen LogP contribution in [-0.2, 0) is 23.9 Å². The van der Waals surface area contributed by atoms with Gasteiger partial charge in [0.1, 0.15) is 28.6 Å². The van der Waals surface area contributed by atoms with Crippen molar-refractivity contribution >= 4 is 23.9 Å². The first-order valence-corrected chi connectivity index (χ1v) is 14.7. The molecular weight excluding hydrogens is 582 g/mol. The average molecular weight is 624 g/mol. The van der Waals surface area contributed by atoms with Crippen LogP contribution in [0.3, 0.4) is 0 Å². The van der Waals surface area contributed by atoms with Crippen molar-refractivity contribution in [2.75, 3.05) is 32.8 Å². The Morgan fingerprint density at radius 1 is 1.02 bits per heavy atom. The van der Waals surface area contributed by atoms with Gasteiger partial charge in [0.05, 0.1) is 19.7 Å². The molecule has 2 N–H and O–H groups in total. The molecule has 3 rings (SSSR count). The van der Waals surface area contributed by atoms with Gasteiger partial charge in [-0.3, -0.25) is 14.4 Å². The maximum atomic E-state index is 13.7. The maximum absolute atomic E-state index is 13.7. The molecule has 2 aromatic rings. The Balaban J connectivity index is 1.85. The molecule has 1 aromatic carbocycles. The molecule has 1 saturated heterocycles. The Morgan fingerprint density at radius 2 is 1.69 bits per heavy atom. The first-order chi connectivity index (χ1) is 21.1. The zero-order chi connectivity index (χ0) is 33.2. The van der Waals surface area contributed by atoms with Crippen molar-refractivity contribution in [2.24, 2.45) is 0 Å². The van der Waals surface area contributed by atoms with Gasteiger partial charge in [0.15, 0.2) is 5.82 Å². The summed E-state index contributed by atoms with van der Waals surface area (Å²) in [4.78, 5) is 67.1. The summed E-state index contributed by atoms with van der Waals surface area (Å²) < 4.78 is 10.2. The Labute approximate surface area is 263 Å². The Hall–Kier alpha value is -4.54. The van der Waals surface area contributed by atoms with E-state index in [1.807, 2.05) is 6.07 Å². The fraction of sp³-hybridized carbons (Fsp3) is 0.500. The van der Waals surface area contributed by atoms with E-state index in [9.17, 15) is 24.3 Å². The Kier molecular flexibility index (Phi) is 12.0. The fourth-order valence-corrected chi connectivity index (χ4v) is 4.17. The third-order valence-electron chi connectivity index (χ3n) is 6.16. The van der Waals surface area contributed by atoms with Gasteiger partial charge in [-0.1, -0.05) is 36.3 Å². The zero-order valence-corrected chi connectivity index (χ0v) is 26.6. The lowest BCUT2D eigenvalue weighted by Gasteiger charge is -2.35. The average Bonchev–Trinajstić information content (AvgIpc) is 2.97. The molecule has 2 heterocycles. The molecule has 0 aliphatic carbocycles. The van der Waals surface area contributed by atoms with Crippen LogP contribution in [0.1, 0.15) is 70.6 Å². The van der Waals surface area contributed by atoms with E-state index in [4.69, 9.17) is 14.3 Å². The minimum absolute atomic E-state index is 0.0268. The minimum Gasteiger partial charge on any atom is -0.460 e. The monoisotopic (exact) mass is 623 g/mol. The second kappa shape index (κ2) is 15.5. The highest BCUT2D eigenvalue weighted by atomic mass is 16.8. The number of carbonyl (C=O) groups excluding carboxylic acids is 4. The molecule has 13 nitrogen and oxygen atoms in total. The predicted octanol–water partition coefficient (Wildman–Crippen LogP) is 2.72. The van der Waals surface area contributed by atoms with E-state index >= 15 is 0 Å². The number of esters is 1. The summed E-state index contributed by atoms with van der Waals surface area (Å²) in [5.41, 5.74) is -1.23. The van der Waals surface area contributed by atoms with Crippen LogP contribution < -0.4 is 5.32 Å². The van der Waals surface area contributed by atoms with Crippen molar-refractivity contribution in [1.29, 1.82) is 0 Å². The van der Waals surface area contributed by atoms with E-state index in [1.165, 1.54) is 29.9 Å². The number of amides is 2. The minimum atomic E-state index is -1.30. The molecular formula is C32H41N5O8. The van der Waals surface area contributed by atoms with Crippen LogP contribution in [0.2, 0.25) is 0 Å². The van der Waals surface area contributed by atoms with Gasteiger partial charge in [0.2, 0.25) is 5.91 Å². The smallest absolute Gasteiger partial charge is 0.460 e. The van der Waals surface area contributed by atoms with Gasteiger partial charge in [0.25, 0.3) is 5.91 Å². The van der Waals surface area contributed by atoms with E-state index in [0.29, 0.717) is 5.56 Å². The zero-order valence-electron chi connectivity index (χ0n) is 26.6. The van der Waals surface area contributed by atoms with Crippen molar-refractivity contribution in [2.45, 2.75) is 71.6 Å². The fourth-order valence-electron chi connectivity index (χ4n) is 4.17. The highest BCUT2D eigenvalue weighted by Gasteiger charge is 2.31. The number of ether oxygens (including phenoxy) is 2. The van der Waals surface area contributed by atoms with Crippen LogP contribution in [0.5, 0.6) is 0 Å². The quantitative estimate of drug-likeness (QED) is 0.312. The largest absolute Gasteiger partial charge is 0.527 e. The molecule has 1 aliphatic heterocycles. The number of nitrogens with zero attached hydrogens (tertiary/aromatic N) is 4. The molecule has 1 atom stereocenters. The van der Waals surface area contributed by atoms with Crippen LogP contribution in [-0.4, -0.2) is 99.0 Å². The van der Waals surface area contributed by atoms with Gasteiger partial charge in [-0.15, -0.1) is 5.06 Å². The number of aromatic nitrogens is 2. The lowest BCUT2D eigenvalue weighted by molar-refractivity contribution is -0.158. The number of benzene rings is 1. The molecule has 0 radical (unpaired) electrons. The molecule has 242 valence electrons. The first kappa shape index (κ1) is 34.9. The second-order valence-corrected chi connectivity index (χ2v) is 11.8. The molecule has 0 spiro atoms. The van der Waals surface area contributed by atoms with Crippen LogP contribution in [0.15, 0.2) is 36.4 Å². The third kappa shape index (κ3) is 11.8. The van der Waals surface area contributed by atoms with Gasteiger partial charge in [-0.25, -0.2) is 14.8 Å². The number of nitrogens with one attached hydrogen (secondary N) is 1. The van der Waals surface area contributed by atoms with Crippen LogP contribution >= 0.6 is 0 Å². The molecule has 13 heteroatoms. The Bertz CT molecular complexity index is 1420. The number of hydrogen-bond acceptors (Lipinski definition) is 11. The molecule has 1 aromatic heterocycles. The summed E-state index contributed by atoms with van der Waals surface area (Å²) >= 11 is 0. The standard InChI is InChI=1S/C32H41N5O8/c1-7-43-30(41)45-37-19-17-36(18-20-37)29(40)24(13-14-26(38)44-31(2,3)4)35-28(39)25-21-23(15-16-32(5,6)42)33-27(34-25)22-11-9-8-10-12-22/h8-12,21,24,42H,7,13-14,17-20H2,1-6H3,(H,35,39)/t24-/m0/s1. The number of rotatable bonds is 9. The molecule has 1 aliphatic rings. The topological polar surface area (TPSA) is 160 Å². The van der Waals surface area contributed by atoms with E-state index < -0.39 is 41.2 Å². The van der Waals surface area contributed by atoms with Gasteiger partial charge in [-0.05, 0) is 53.9 Å². The number of hydroxylamine groups is 2. The molecule has 0 bridgehead atoms. The summed E-state index contributed by atoms with van der Waals surface area (Å²) in [6.07, 6.45) is -0.978. The van der Waals surface area contributed by atoms with Crippen molar-refractivity contribution in [1.82, 2.24) is 25.2 Å². The van der Waals surface area contributed by atoms with Crippen LogP contribution in [0.4, 0.5) is 4.79 Å². The van der Waals surface area contributed by atoms with E-state index in [0.717, 1.165) is 0 Å². The summed E-state index contributed by atoms with van der Waals surface area (Å²) in [5.74, 6) is 4.11. The van der Waals surface area contributed by atoms with Gasteiger partial charge < -0.3 is 29.6 Å². The molecule has 2 amide bonds. The summed E-state index contributed by atoms with van der Waals surface area (Å²) in [6.45, 7) is 11.0. The van der Waals surface area contributed by atoms with E-state index in [1.54, 1.807) is 52.0 Å². The van der Waals surface area contributed by atoms with Crippen molar-refractivity contribution in [3.05, 3.63) is 47.8 Å². The number of piperazine rings is 1. The number of aliphatic hydroxyl groups is 1. The first-order valence-electron chi connectivity index (χ1n) is 14.7. The summed E-state index contributed by atoms with van der Waals surface area (Å²) in [5, 5.41) is 14.2. The van der Waals surface area contributed by atoms with Crippen LogP contribution in [0, 0.1) is 11.8 Å². The highest BCUT2D eigenvalue weighted by Crippen LogP contribution is 2.17. The lowest BCUT2D eigenvalue weighted by Crippen LogP contribution is -2.55. The normalized spacial score (nSPS) is 14.4. The van der Waals surface area contributed by atoms with Crippen molar-refractivity contribution in [3.8, 4) is 23.2 Å². The molecule has 0 saturated carbocycles. The number of carbonyl (C=O) groups is 4. The third-order valence-corrected chi connectivity index (χ3v) is 6.16. The van der Waals surface area contributed by atoms with Gasteiger partial charge in [0, 0.05) is 31.1 Å². The Morgan fingerprint density at radius 3 is 2.29 bits per heavy atom. The van der Waals surface area contributed by atoms with Crippen molar-refractivity contribution < 1.29 is 38.6 Å². The second-order valence-electron chi connectivity index (χ2n) is 11.8. The SMILES string of the molecule is CCOC(=O)ON1CCN(C(=O)[C@H](CCC(=O)OC(C)(C)C)NC(=O)c2cc(C#CC(C)(C)O)nc(-c3ccccc3)n2)CC1.